The second-order valence-electron chi connectivity index (χ2n) is 9.60. The first-order chi connectivity index (χ1) is 17.9. The van der Waals surface area contributed by atoms with Gasteiger partial charge in [0.15, 0.2) is 0 Å². The van der Waals surface area contributed by atoms with Crippen LogP contribution in [0.15, 0.2) is 127 Å². The van der Waals surface area contributed by atoms with Crippen molar-refractivity contribution in [2.45, 2.75) is 0 Å². The maximum Gasteiger partial charge on any atom is -0.00139 e. The van der Waals surface area contributed by atoms with E-state index in [1.165, 1.54) is 64.8 Å². The lowest BCUT2D eigenvalue weighted by Crippen LogP contribution is -1.88. The number of fused-ring (bicyclic) bond motifs is 11. The van der Waals surface area contributed by atoms with E-state index in [0.717, 1.165) is 10.9 Å². The van der Waals surface area contributed by atoms with Crippen LogP contribution in [0.3, 0.4) is 0 Å². The average Bonchev–Trinajstić information content (AvgIpc) is 2.96. The average molecular weight is 454 g/mol. The molecule has 165 valence electrons. The Bertz CT molecular complexity index is 2100. The molecule has 0 saturated heterocycles. The molecule has 0 aliphatic rings. The highest BCUT2D eigenvalue weighted by Gasteiger charge is 2.13. The molecule has 0 fully saturated rings. The Labute approximate surface area is 209 Å². The molecular formula is C36H21. The van der Waals surface area contributed by atoms with E-state index in [2.05, 4.69) is 133 Å². The maximum atomic E-state index is 3.79. The van der Waals surface area contributed by atoms with Gasteiger partial charge < -0.3 is 0 Å². The molecule has 0 aliphatic carbocycles. The Morgan fingerprint density at radius 2 is 0.861 bits per heavy atom. The summed E-state index contributed by atoms with van der Waals surface area (Å²) in [6.07, 6.45) is 0. The van der Waals surface area contributed by atoms with E-state index >= 15 is 0 Å². The van der Waals surface area contributed by atoms with Gasteiger partial charge in [0.2, 0.25) is 0 Å². The van der Waals surface area contributed by atoms with Crippen molar-refractivity contribution in [1.29, 1.82) is 0 Å². The van der Waals surface area contributed by atoms with E-state index in [0.29, 0.717) is 0 Å². The van der Waals surface area contributed by atoms with Gasteiger partial charge in [-0.3, -0.25) is 0 Å². The molecule has 0 heterocycles. The molecule has 0 aliphatic heterocycles. The van der Waals surface area contributed by atoms with Gasteiger partial charge in [-0.25, -0.2) is 0 Å². The molecule has 0 spiro atoms. The van der Waals surface area contributed by atoms with Crippen molar-refractivity contribution in [3.63, 3.8) is 0 Å². The van der Waals surface area contributed by atoms with Gasteiger partial charge in [-0.15, -0.1) is 0 Å². The second kappa shape index (κ2) is 7.41. The Morgan fingerprint density at radius 3 is 1.64 bits per heavy atom. The number of hydrogen-bond acceptors (Lipinski definition) is 0. The fourth-order valence-corrected chi connectivity index (χ4v) is 6.09. The van der Waals surface area contributed by atoms with Gasteiger partial charge in [0.05, 0.1) is 0 Å². The predicted molar refractivity (Wildman–Crippen MR) is 156 cm³/mol. The molecule has 0 unspecified atom stereocenters. The molecule has 8 aromatic carbocycles. The summed E-state index contributed by atoms with van der Waals surface area (Å²) >= 11 is 0. The Morgan fingerprint density at radius 1 is 0.333 bits per heavy atom. The molecule has 0 bridgehead atoms. The minimum atomic E-state index is 1.13. The van der Waals surface area contributed by atoms with E-state index in [1.807, 2.05) is 0 Å². The summed E-state index contributed by atoms with van der Waals surface area (Å²) in [6.45, 7) is 0. The zero-order valence-corrected chi connectivity index (χ0v) is 19.6. The first-order valence-corrected chi connectivity index (χ1v) is 12.5. The van der Waals surface area contributed by atoms with Gasteiger partial charge >= 0.3 is 0 Å². The summed E-state index contributed by atoms with van der Waals surface area (Å²) in [5.74, 6) is 0. The zero-order chi connectivity index (χ0) is 23.6. The monoisotopic (exact) mass is 453 g/mol. The molecule has 36 heavy (non-hydrogen) atoms. The molecule has 8 aromatic rings. The van der Waals surface area contributed by atoms with E-state index in [9.17, 15) is 0 Å². The molecular weight excluding hydrogens is 432 g/mol. The standard InChI is InChI=1S/C36H21/c1-2-9-26-23(8-1)16-20-33-27-19-17-25(22-24(27)18-21-32(26)33)28-14-7-15-35-31-11-4-3-10-29(31)30-12-5-6-13-34(30)36(28)35/h1-21H. The third-order valence-corrected chi connectivity index (χ3v) is 7.71. The third kappa shape index (κ3) is 2.70. The van der Waals surface area contributed by atoms with Crippen LogP contribution in [0.4, 0.5) is 0 Å². The van der Waals surface area contributed by atoms with Crippen molar-refractivity contribution < 1.29 is 0 Å². The molecule has 0 amide bonds. The first-order valence-electron chi connectivity index (χ1n) is 12.5. The minimum Gasteiger partial charge on any atom is -0.0616 e. The van der Waals surface area contributed by atoms with E-state index in [-0.39, 0.29) is 0 Å². The highest BCUT2D eigenvalue weighted by atomic mass is 14.2. The van der Waals surface area contributed by atoms with Crippen LogP contribution in [0.2, 0.25) is 0 Å². The normalized spacial score (nSPS) is 11.9. The lowest BCUT2D eigenvalue weighted by atomic mass is 9.88. The summed E-state index contributed by atoms with van der Waals surface area (Å²) < 4.78 is 0. The first kappa shape index (κ1) is 19.6. The zero-order valence-electron chi connectivity index (χ0n) is 19.6. The van der Waals surface area contributed by atoms with Crippen LogP contribution in [-0.2, 0) is 0 Å². The van der Waals surface area contributed by atoms with E-state index < -0.39 is 0 Å². The maximum absolute atomic E-state index is 3.79. The molecule has 0 atom stereocenters. The molecule has 0 saturated carbocycles. The molecule has 0 heteroatoms. The van der Waals surface area contributed by atoms with Crippen molar-refractivity contribution in [2.24, 2.45) is 0 Å². The molecule has 0 nitrogen and oxygen atoms in total. The van der Waals surface area contributed by atoms with Crippen molar-refractivity contribution in [2.75, 3.05) is 0 Å². The van der Waals surface area contributed by atoms with Crippen LogP contribution < -0.4 is 0 Å². The summed E-state index contributed by atoms with van der Waals surface area (Å²) in [7, 11) is 0. The van der Waals surface area contributed by atoms with Crippen molar-refractivity contribution in [3.05, 3.63) is 133 Å². The van der Waals surface area contributed by atoms with E-state index in [4.69, 9.17) is 0 Å². The fourth-order valence-electron chi connectivity index (χ4n) is 6.09. The highest BCUT2D eigenvalue weighted by molar-refractivity contribution is 6.28. The predicted octanol–water partition coefficient (Wildman–Crippen LogP) is 10.1. The van der Waals surface area contributed by atoms with Gasteiger partial charge in [0, 0.05) is 0 Å². The lowest BCUT2D eigenvalue weighted by Gasteiger charge is -2.15. The Hall–Kier alpha value is -4.68. The molecule has 8 rings (SSSR count). The van der Waals surface area contributed by atoms with Crippen molar-refractivity contribution >= 4 is 64.6 Å². The topological polar surface area (TPSA) is 0 Å². The number of rotatable bonds is 1. The highest BCUT2D eigenvalue weighted by Crippen LogP contribution is 2.41. The fraction of sp³-hybridized carbons (Fsp3) is 0. The Kier molecular flexibility index (Phi) is 4.03. The summed E-state index contributed by atoms with van der Waals surface area (Å²) in [5, 5.41) is 15.3. The second-order valence-corrected chi connectivity index (χ2v) is 9.60. The molecule has 0 aromatic heterocycles. The largest absolute Gasteiger partial charge is 0.0616 e. The van der Waals surface area contributed by atoms with Crippen LogP contribution in [0.1, 0.15) is 0 Å². The van der Waals surface area contributed by atoms with Gasteiger partial charge in [0.1, 0.15) is 0 Å². The quantitative estimate of drug-likeness (QED) is 0.217. The van der Waals surface area contributed by atoms with Crippen molar-refractivity contribution in [1.82, 2.24) is 0 Å². The number of benzene rings is 8. The van der Waals surface area contributed by atoms with Crippen LogP contribution in [0.5, 0.6) is 0 Å². The lowest BCUT2D eigenvalue weighted by molar-refractivity contribution is 1.70. The minimum absolute atomic E-state index is 1.13. The Balaban J connectivity index is 1.44. The summed E-state index contributed by atoms with van der Waals surface area (Å²) in [6, 6.07) is 50.1. The van der Waals surface area contributed by atoms with Crippen LogP contribution in [0, 0.1) is 6.07 Å². The summed E-state index contributed by atoms with van der Waals surface area (Å²) in [5.41, 5.74) is 2.36. The van der Waals surface area contributed by atoms with Gasteiger partial charge in [-0.2, -0.15) is 0 Å². The van der Waals surface area contributed by atoms with E-state index in [1.54, 1.807) is 0 Å². The SMILES string of the molecule is [c]1c(-c2cccc3c4ccccc4c4ccccc4c23)ccc2c1ccc1c3ccccc3ccc21. The van der Waals surface area contributed by atoms with Gasteiger partial charge in [-0.1, -0.05) is 127 Å². The van der Waals surface area contributed by atoms with Crippen LogP contribution in [0.25, 0.3) is 75.8 Å². The molecule has 0 N–H and O–H groups in total. The van der Waals surface area contributed by atoms with Gasteiger partial charge in [-0.05, 0) is 81.8 Å². The number of hydrogen-bond donors (Lipinski definition) is 0. The van der Waals surface area contributed by atoms with Crippen molar-refractivity contribution in [3.8, 4) is 11.1 Å². The van der Waals surface area contributed by atoms with Crippen LogP contribution >= 0.6 is 0 Å². The summed E-state index contributed by atoms with van der Waals surface area (Å²) in [4.78, 5) is 0. The van der Waals surface area contributed by atoms with Crippen LogP contribution in [-0.4, -0.2) is 0 Å². The smallest absolute Gasteiger partial charge is 0.00139 e. The van der Waals surface area contributed by atoms with Gasteiger partial charge in [0.25, 0.3) is 0 Å². The third-order valence-electron chi connectivity index (χ3n) is 7.71. The molecule has 1 radical (unpaired) electrons.